The van der Waals surface area contributed by atoms with Gasteiger partial charge in [-0.15, -0.1) is 0 Å². The Balaban J connectivity index is 1.48. The standard InChI is InChI=1S/C21H25N5O/c1-24(2)20-17(8-5-10-22-20)14-23-21(27)25-11-6-12-26-18(15-25)13-16-7-3-4-9-19(16)26/h3-5,7-10,13H,6,11-12,14-15H2,1-2H3,(H,23,27). The smallest absolute Gasteiger partial charge is 0.318 e. The number of aryl methyl sites for hydroxylation is 1. The molecule has 140 valence electrons. The number of carbonyl (C=O) groups excluding carboxylic acids is 1. The van der Waals surface area contributed by atoms with Gasteiger partial charge in [0.05, 0.1) is 6.54 Å². The number of carbonyl (C=O) groups is 1. The lowest BCUT2D eigenvalue weighted by atomic mass is 10.2. The van der Waals surface area contributed by atoms with Gasteiger partial charge in [0.1, 0.15) is 5.82 Å². The summed E-state index contributed by atoms with van der Waals surface area (Å²) in [5, 5.41) is 4.30. The van der Waals surface area contributed by atoms with Crippen LogP contribution in [-0.4, -0.2) is 41.1 Å². The van der Waals surface area contributed by atoms with Crippen molar-refractivity contribution in [3.05, 3.63) is 59.9 Å². The molecule has 0 fully saturated rings. The minimum Gasteiger partial charge on any atom is -0.362 e. The summed E-state index contributed by atoms with van der Waals surface area (Å²) in [7, 11) is 3.92. The van der Waals surface area contributed by atoms with E-state index in [-0.39, 0.29) is 6.03 Å². The fourth-order valence-electron chi connectivity index (χ4n) is 3.78. The monoisotopic (exact) mass is 363 g/mol. The molecule has 2 amide bonds. The van der Waals surface area contributed by atoms with Crippen LogP contribution >= 0.6 is 0 Å². The van der Waals surface area contributed by atoms with Gasteiger partial charge in [0.25, 0.3) is 0 Å². The van der Waals surface area contributed by atoms with E-state index in [1.165, 1.54) is 16.6 Å². The van der Waals surface area contributed by atoms with E-state index in [2.05, 4.69) is 45.2 Å². The second-order valence-corrected chi connectivity index (χ2v) is 7.16. The van der Waals surface area contributed by atoms with Crippen molar-refractivity contribution in [1.29, 1.82) is 0 Å². The van der Waals surface area contributed by atoms with Gasteiger partial charge in [-0.1, -0.05) is 24.3 Å². The van der Waals surface area contributed by atoms with E-state index >= 15 is 0 Å². The number of nitrogens with zero attached hydrogens (tertiary/aromatic N) is 4. The van der Waals surface area contributed by atoms with E-state index in [1.54, 1.807) is 6.20 Å². The highest BCUT2D eigenvalue weighted by atomic mass is 16.2. The maximum absolute atomic E-state index is 12.8. The zero-order chi connectivity index (χ0) is 18.8. The number of aromatic nitrogens is 2. The highest BCUT2D eigenvalue weighted by Crippen LogP contribution is 2.24. The minimum atomic E-state index is -0.0257. The molecule has 3 heterocycles. The molecule has 0 spiro atoms. The van der Waals surface area contributed by atoms with Crippen LogP contribution in [0.1, 0.15) is 17.7 Å². The molecule has 1 aliphatic rings. The SMILES string of the molecule is CN(C)c1ncccc1CNC(=O)N1CCCn2c(cc3ccccc32)C1. The molecule has 3 aromatic rings. The van der Waals surface area contributed by atoms with Gasteiger partial charge in [-0.3, -0.25) is 0 Å². The van der Waals surface area contributed by atoms with E-state index in [9.17, 15) is 4.79 Å². The van der Waals surface area contributed by atoms with Crippen molar-refractivity contribution < 1.29 is 4.79 Å². The molecular weight excluding hydrogens is 338 g/mol. The van der Waals surface area contributed by atoms with Crippen molar-refractivity contribution in [2.45, 2.75) is 26.1 Å². The highest BCUT2D eigenvalue weighted by molar-refractivity contribution is 5.82. The number of hydrogen-bond donors (Lipinski definition) is 1. The second-order valence-electron chi connectivity index (χ2n) is 7.16. The van der Waals surface area contributed by atoms with Gasteiger partial charge in [-0.05, 0) is 30.0 Å². The quantitative estimate of drug-likeness (QED) is 0.777. The molecule has 6 nitrogen and oxygen atoms in total. The Morgan fingerprint density at radius 1 is 1.19 bits per heavy atom. The van der Waals surface area contributed by atoms with E-state index in [1.807, 2.05) is 36.0 Å². The number of para-hydroxylation sites is 1. The van der Waals surface area contributed by atoms with Crippen LogP contribution in [0.25, 0.3) is 10.9 Å². The van der Waals surface area contributed by atoms with Gasteiger partial charge in [0.15, 0.2) is 0 Å². The lowest BCUT2D eigenvalue weighted by Crippen LogP contribution is -2.39. The molecule has 0 aliphatic carbocycles. The van der Waals surface area contributed by atoms with Crippen LogP contribution in [0.15, 0.2) is 48.7 Å². The van der Waals surface area contributed by atoms with E-state index < -0.39 is 0 Å². The summed E-state index contributed by atoms with van der Waals surface area (Å²) >= 11 is 0. The summed E-state index contributed by atoms with van der Waals surface area (Å²) in [6, 6.07) is 14.5. The van der Waals surface area contributed by atoms with Crippen LogP contribution in [0.2, 0.25) is 0 Å². The molecule has 0 radical (unpaired) electrons. The Kier molecular flexibility index (Phi) is 4.71. The number of rotatable bonds is 3. The normalized spacial score (nSPS) is 13.9. The number of urea groups is 1. The molecular formula is C21H25N5O. The largest absolute Gasteiger partial charge is 0.362 e. The lowest BCUT2D eigenvalue weighted by molar-refractivity contribution is 0.195. The van der Waals surface area contributed by atoms with Crippen molar-refractivity contribution in [3.8, 4) is 0 Å². The molecule has 0 saturated carbocycles. The summed E-state index contributed by atoms with van der Waals surface area (Å²) in [5.74, 6) is 0.883. The number of hydrogen-bond acceptors (Lipinski definition) is 3. The number of amides is 2. The number of fused-ring (bicyclic) bond motifs is 3. The summed E-state index contributed by atoms with van der Waals surface area (Å²) < 4.78 is 2.34. The lowest BCUT2D eigenvalue weighted by Gasteiger charge is -2.22. The predicted molar refractivity (Wildman–Crippen MR) is 108 cm³/mol. The van der Waals surface area contributed by atoms with Gasteiger partial charge in [0, 0.05) is 56.7 Å². The van der Waals surface area contributed by atoms with Crippen LogP contribution < -0.4 is 10.2 Å². The van der Waals surface area contributed by atoms with Gasteiger partial charge in [0.2, 0.25) is 0 Å². The van der Waals surface area contributed by atoms with Crippen LogP contribution in [0.4, 0.5) is 10.6 Å². The Morgan fingerprint density at radius 3 is 2.89 bits per heavy atom. The fourth-order valence-corrected chi connectivity index (χ4v) is 3.78. The molecule has 6 heteroatoms. The van der Waals surface area contributed by atoms with E-state index in [4.69, 9.17) is 0 Å². The highest BCUT2D eigenvalue weighted by Gasteiger charge is 2.20. The summed E-state index contributed by atoms with van der Waals surface area (Å²) in [6.45, 7) is 2.81. The van der Waals surface area contributed by atoms with Gasteiger partial charge in [-0.25, -0.2) is 9.78 Å². The van der Waals surface area contributed by atoms with E-state index in [0.29, 0.717) is 13.1 Å². The zero-order valence-corrected chi connectivity index (χ0v) is 15.9. The first-order valence-corrected chi connectivity index (χ1v) is 9.34. The van der Waals surface area contributed by atoms with Crippen LogP contribution in [0, 0.1) is 0 Å². The Hall–Kier alpha value is -3.02. The Labute approximate surface area is 159 Å². The Bertz CT molecular complexity index is 962. The molecule has 0 atom stereocenters. The van der Waals surface area contributed by atoms with Crippen molar-refractivity contribution >= 4 is 22.8 Å². The maximum atomic E-state index is 12.8. The summed E-state index contributed by atoms with van der Waals surface area (Å²) in [4.78, 5) is 21.1. The number of anilines is 1. The average Bonchev–Trinajstić information content (AvgIpc) is 2.88. The third kappa shape index (κ3) is 3.47. The van der Waals surface area contributed by atoms with E-state index in [0.717, 1.165) is 30.9 Å². The molecule has 27 heavy (non-hydrogen) atoms. The summed E-state index contributed by atoms with van der Waals surface area (Å²) in [5.41, 5.74) is 3.46. The third-order valence-corrected chi connectivity index (χ3v) is 5.07. The molecule has 4 rings (SSSR count). The average molecular weight is 363 g/mol. The van der Waals surface area contributed by atoms with Gasteiger partial charge >= 0.3 is 6.03 Å². The number of nitrogens with one attached hydrogen (secondary N) is 1. The summed E-state index contributed by atoms with van der Waals surface area (Å²) in [6.07, 6.45) is 2.73. The molecule has 0 bridgehead atoms. The Morgan fingerprint density at radius 2 is 2.04 bits per heavy atom. The zero-order valence-electron chi connectivity index (χ0n) is 15.9. The minimum absolute atomic E-state index is 0.0257. The molecule has 2 aromatic heterocycles. The third-order valence-electron chi connectivity index (χ3n) is 5.07. The second kappa shape index (κ2) is 7.31. The predicted octanol–water partition coefficient (Wildman–Crippen LogP) is 3.22. The van der Waals surface area contributed by atoms with Gasteiger partial charge < -0.3 is 19.7 Å². The van der Waals surface area contributed by atoms with Gasteiger partial charge in [-0.2, -0.15) is 0 Å². The van der Waals surface area contributed by atoms with Crippen LogP contribution in [0.3, 0.4) is 0 Å². The molecule has 1 N–H and O–H groups in total. The number of benzene rings is 1. The molecule has 0 saturated heterocycles. The molecule has 1 aromatic carbocycles. The number of pyridine rings is 1. The van der Waals surface area contributed by atoms with Crippen LogP contribution in [0.5, 0.6) is 0 Å². The van der Waals surface area contributed by atoms with Crippen molar-refractivity contribution in [1.82, 2.24) is 19.8 Å². The van der Waals surface area contributed by atoms with Crippen LogP contribution in [-0.2, 0) is 19.6 Å². The first-order chi connectivity index (χ1) is 13.1. The molecule has 1 aliphatic heterocycles. The maximum Gasteiger partial charge on any atom is 0.318 e. The van der Waals surface area contributed by atoms with Crippen molar-refractivity contribution in [2.75, 3.05) is 25.5 Å². The molecule has 0 unspecified atom stereocenters. The van der Waals surface area contributed by atoms with Crippen molar-refractivity contribution in [3.63, 3.8) is 0 Å². The topological polar surface area (TPSA) is 53.4 Å². The van der Waals surface area contributed by atoms with Crippen molar-refractivity contribution in [2.24, 2.45) is 0 Å². The fraction of sp³-hybridized carbons (Fsp3) is 0.333. The first-order valence-electron chi connectivity index (χ1n) is 9.34. The first kappa shape index (κ1) is 17.4.